The third-order valence-electron chi connectivity index (χ3n) is 2.23. The lowest BCUT2D eigenvalue weighted by atomic mass is 10.3. The zero-order valence-electron chi connectivity index (χ0n) is 10.5. The zero-order chi connectivity index (χ0) is 14.8. The van der Waals surface area contributed by atoms with Gasteiger partial charge in [-0.1, -0.05) is 6.07 Å². The Hall–Kier alpha value is -1.97. The first-order chi connectivity index (χ1) is 9.33. The Morgan fingerprint density at radius 1 is 1.35 bits per heavy atom. The molecule has 2 rings (SSSR count). The Morgan fingerprint density at radius 3 is 2.65 bits per heavy atom. The molecule has 0 unspecified atom stereocenters. The number of nitrogens with zero attached hydrogens (tertiary/aromatic N) is 1. The number of aromatic nitrogens is 1. The first-order valence-corrected chi connectivity index (χ1v) is 7.84. The maximum Gasteiger partial charge on any atom is 0.296 e. The van der Waals surface area contributed by atoms with E-state index in [0.717, 1.165) is 5.01 Å². The second kappa shape index (κ2) is 5.57. The average molecular weight is 312 g/mol. The highest BCUT2D eigenvalue weighted by Crippen LogP contribution is 2.18. The highest BCUT2D eigenvalue weighted by Gasteiger charge is 2.10. The number of thiazole rings is 1. The Kier molecular flexibility index (Phi) is 4.02. The van der Waals surface area contributed by atoms with Crippen molar-refractivity contribution in [1.29, 1.82) is 0 Å². The van der Waals surface area contributed by atoms with Crippen molar-refractivity contribution in [2.75, 3.05) is 10.0 Å². The van der Waals surface area contributed by atoms with Crippen LogP contribution in [0.1, 0.15) is 14.7 Å². The summed E-state index contributed by atoms with van der Waals surface area (Å²) in [5, 5.41) is 8.32. The number of carbonyl (C=O) groups is 1. The number of rotatable bonds is 4. The van der Waals surface area contributed by atoms with Gasteiger partial charge in [-0.2, -0.15) is 8.42 Å². The highest BCUT2D eigenvalue weighted by atomic mass is 32.2. The largest absolute Gasteiger partial charge is 0.321 e. The number of aryl methyl sites for hydroxylation is 1. The first kappa shape index (κ1) is 14.4. The predicted octanol–water partition coefficient (Wildman–Crippen LogP) is 1.32. The molecule has 0 aliphatic carbocycles. The molecule has 0 fully saturated rings. The van der Waals surface area contributed by atoms with Crippen molar-refractivity contribution < 1.29 is 13.2 Å². The second-order valence-electron chi connectivity index (χ2n) is 3.93. The van der Waals surface area contributed by atoms with Crippen LogP contribution in [0.15, 0.2) is 30.5 Å². The topological polar surface area (TPSA) is 114 Å². The van der Waals surface area contributed by atoms with Crippen LogP contribution in [-0.4, -0.2) is 19.3 Å². The van der Waals surface area contributed by atoms with Crippen LogP contribution in [-0.2, 0) is 10.2 Å². The Bertz CT molecular complexity index is 740. The van der Waals surface area contributed by atoms with Gasteiger partial charge >= 0.3 is 0 Å². The third-order valence-corrected chi connectivity index (χ3v) is 3.66. The molecule has 2 aromatic rings. The van der Waals surface area contributed by atoms with E-state index in [1.54, 1.807) is 19.1 Å². The second-order valence-corrected chi connectivity index (χ2v) is 6.45. The smallest absolute Gasteiger partial charge is 0.296 e. The van der Waals surface area contributed by atoms with E-state index >= 15 is 0 Å². The third kappa shape index (κ3) is 4.02. The number of benzene rings is 1. The van der Waals surface area contributed by atoms with Crippen molar-refractivity contribution >= 4 is 38.8 Å². The molecule has 1 heterocycles. The van der Waals surface area contributed by atoms with Crippen LogP contribution in [0.25, 0.3) is 0 Å². The number of hydrogen-bond acceptors (Lipinski definition) is 5. The van der Waals surface area contributed by atoms with Gasteiger partial charge in [-0.3, -0.25) is 9.52 Å². The van der Waals surface area contributed by atoms with E-state index in [4.69, 9.17) is 5.14 Å². The quantitative estimate of drug-likeness (QED) is 0.789. The summed E-state index contributed by atoms with van der Waals surface area (Å²) in [6, 6.07) is 6.23. The molecule has 0 spiro atoms. The van der Waals surface area contributed by atoms with Crippen LogP contribution in [0.4, 0.5) is 11.4 Å². The Labute approximate surface area is 120 Å². The molecule has 0 aliphatic rings. The van der Waals surface area contributed by atoms with Gasteiger partial charge < -0.3 is 5.32 Å². The van der Waals surface area contributed by atoms with Gasteiger partial charge in [0.1, 0.15) is 4.88 Å². The van der Waals surface area contributed by atoms with Gasteiger partial charge in [-0.05, 0) is 25.1 Å². The molecule has 0 atom stereocenters. The van der Waals surface area contributed by atoms with E-state index in [-0.39, 0.29) is 11.6 Å². The summed E-state index contributed by atoms with van der Waals surface area (Å²) in [6.07, 6.45) is 1.49. The summed E-state index contributed by atoms with van der Waals surface area (Å²) in [7, 11) is -3.84. The molecule has 4 N–H and O–H groups in total. The molecule has 0 radical (unpaired) electrons. The van der Waals surface area contributed by atoms with E-state index in [0.29, 0.717) is 10.6 Å². The summed E-state index contributed by atoms with van der Waals surface area (Å²) in [5.41, 5.74) is 0.723. The zero-order valence-corrected chi connectivity index (χ0v) is 12.1. The van der Waals surface area contributed by atoms with Gasteiger partial charge in [0.2, 0.25) is 0 Å². The van der Waals surface area contributed by atoms with E-state index in [2.05, 4.69) is 15.0 Å². The molecule has 0 bridgehead atoms. The molecule has 7 nitrogen and oxygen atoms in total. The fourth-order valence-electron chi connectivity index (χ4n) is 1.48. The fourth-order valence-corrected chi connectivity index (χ4v) is 2.61. The normalized spacial score (nSPS) is 11.1. The van der Waals surface area contributed by atoms with Crippen LogP contribution in [0.3, 0.4) is 0 Å². The van der Waals surface area contributed by atoms with Crippen molar-refractivity contribution in [2.45, 2.75) is 6.92 Å². The lowest BCUT2D eigenvalue weighted by molar-refractivity contribution is 0.103. The maximum absolute atomic E-state index is 11.9. The molecule has 1 amide bonds. The summed E-state index contributed by atoms with van der Waals surface area (Å²) in [6.45, 7) is 1.80. The van der Waals surface area contributed by atoms with Crippen LogP contribution in [0, 0.1) is 6.92 Å². The number of nitrogens with one attached hydrogen (secondary N) is 2. The van der Waals surface area contributed by atoms with Crippen LogP contribution in [0.2, 0.25) is 0 Å². The number of amides is 1. The Morgan fingerprint density at radius 2 is 2.05 bits per heavy atom. The Balaban J connectivity index is 2.14. The summed E-state index contributed by atoms with van der Waals surface area (Å²) >= 11 is 1.27. The van der Waals surface area contributed by atoms with Gasteiger partial charge in [0.15, 0.2) is 0 Å². The molecule has 1 aromatic carbocycles. The minimum atomic E-state index is -3.84. The number of carbonyl (C=O) groups excluding carboxylic acids is 1. The molecule has 9 heteroatoms. The van der Waals surface area contributed by atoms with E-state index in [9.17, 15) is 13.2 Å². The van der Waals surface area contributed by atoms with Gasteiger partial charge in [0, 0.05) is 5.69 Å². The van der Waals surface area contributed by atoms with Crippen molar-refractivity contribution in [3.8, 4) is 0 Å². The van der Waals surface area contributed by atoms with E-state index in [1.165, 1.54) is 29.7 Å². The molecule has 106 valence electrons. The minimum absolute atomic E-state index is 0.269. The number of nitrogens with two attached hydrogens (primary N) is 1. The van der Waals surface area contributed by atoms with Crippen molar-refractivity contribution in [3.63, 3.8) is 0 Å². The molecule has 1 aromatic heterocycles. The van der Waals surface area contributed by atoms with Gasteiger partial charge in [-0.15, -0.1) is 11.3 Å². The maximum atomic E-state index is 11.9. The predicted molar refractivity (Wildman–Crippen MR) is 78.0 cm³/mol. The minimum Gasteiger partial charge on any atom is -0.321 e. The monoisotopic (exact) mass is 312 g/mol. The summed E-state index contributed by atoms with van der Waals surface area (Å²) in [4.78, 5) is 16.4. The molecule has 0 saturated carbocycles. The van der Waals surface area contributed by atoms with Gasteiger partial charge in [0.05, 0.1) is 16.9 Å². The molecule has 0 saturated heterocycles. The van der Waals surface area contributed by atoms with Crippen LogP contribution >= 0.6 is 11.3 Å². The number of hydrogen-bond donors (Lipinski definition) is 3. The SMILES string of the molecule is Cc1ncc(C(=O)Nc2cccc(NS(N)(=O)=O)c2)s1. The van der Waals surface area contributed by atoms with Gasteiger partial charge in [0.25, 0.3) is 16.1 Å². The lowest BCUT2D eigenvalue weighted by Gasteiger charge is -2.07. The van der Waals surface area contributed by atoms with E-state index < -0.39 is 10.2 Å². The molecule has 20 heavy (non-hydrogen) atoms. The molecule has 0 aliphatic heterocycles. The van der Waals surface area contributed by atoms with Crippen LogP contribution < -0.4 is 15.2 Å². The van der Waals surface area contributed by atoms with Crippen molar-refractivity contribution in [1.82, 2.24) is 4.98 Å². The molecular formula is C11H12N4O3S2. The van der Waals surface area contributed by atoms with Crippen molar-refractivity contribution in [2.24, 2.45) is 5.14 Å². The number of anilines is 2. The first-order valence-electron chi connectivity index (χ1n) is 5.48. The summed E-state index contributed by atoms with van der Waals surface area (Å²) in [5.74, 6) is -0.302. The van der Waals surface area contributed by atoms with Crippen molar-refractivity contribution in [3.05, 3.63) is 40.3 Å². The summed E-state index contributed by atoms with van der Waals surface area (Å²) < 4.78 is 24.0. The van der Waals surface area contributed by atoms with Gasteiger partial charge in [-0.25, -0.2) is 10.1 Å². The van der Waals surface area contributed by atoms with E-state index in [1.807, 2.05) is 0 Å². The highest BCUT2D eigenvalue weighted by molar-refractivity contribution is 7.90. The fraction of sp³-hybridized carbons (Fsp3) is 0.0909. The lowest BCUT2D eigenvalue weighted by Crippen LogP contribution is -2.21. The standard InChI is InChI=1S/C11H12N4O3S2/c1-7-13-6-10(19-7)11(16)14-8-3-2-4-9(5-8)15-20(12,17)18/h2-6,15H,1H3,(H,14,16)(H2,12,17,18). The van der Waals surface area contributed by atoms with Crippen LogP contribution in [0.5, 0.6) is 0 Å². The average Bonchev–Trinajstić information content (AvgIpc) is 2.74. The molecular weight excluding hydrogens is 300 g/mol.